The molecule has 0 aliphatic rings. The number of nitrogens with zero attached hydrogens (tertiary/aromatic N) is 4. The molecule has 1 aromatic carbocycles. The summed E-state index contributed by atoms with van der Waals surface area (Å²) in [7, 11) is 0. The lowest BCUT2D eigenvalue weighted by Crippen LogP contribution is -1.85. The maximum atomic E-state index is 10.4. The smallest absolute Gasteiger partial charge is 0.269 e. The van der Waals surface area contributed by atoms with E-state index in [1.54, 1.807) is 0 Å². The highest BCUT2D eigenvalue weighted by Gasteiger charge is 2.03. The fraction of sp³-hybridized carbons (Fsp3) is 0. The van der Waals surface area contributed by atoms with Crippen LogP contribution in [0.2, 0.25) is 0 Å². The van der Waals surface area contributed by atoms with Gasteiger partial charge in [0.05, 0.1) is 16.8 Å². The summed E-state index contributed by atoms with van der Waals surface area (Å²) in [6, 6.07) is 5.78. The summed E-state index contributed by atoms with van der Waals surface area (Å²) < 4.78 is 0. The van der Waals surface area contributed by atoms with Crippen molar-refractivity contribution >= 4 is 32.8 Å². The number of azo groups is 1. The van der Waals surface area contributed by atoms with Crippen molar-refractivity contribution in [2.45, 2.75) is 0 Å². The zero-order valence-electron chi connectivity index (χ0n) is 8.48. The highest BCUT2D eigenvalue weighted by Crippen LogP contribution is 2.26. The van der Waals surface area contributed by atoms with E-state index in [2.05, 4.69) is 15.2 Å². The number of benzene rings is 1. The van der Waals surface area contributed by atoms with Crippen LogP contribution in [0.4, 0.5) is 21.5 Å². The molecule has 17 heavy (non-hydrogen) atoms. The van der Waals surface area contributed by atoms with Crippen LogP contribution in [0.5, 0.6) is 0 Å². The molecule has 2 aromatic rings. The first-order valence-electron chi connectivity index (χ1n) is 4.52. The third-order valence-corrected chi connectivity index (χ3v) is 2.55. The summed E-state index contributed by atoms with van der Waals surface area (Å²) in [5.74, 6) is 0. The number of anilines is 1. The third kappa shape index (κ3) is 2.82. The molecule has 0 unspecified atom stereocenters. The van der Waals surface area contributed by atoms with Gasteiger partial charge < -0.3 is 5.73 Å². The van der Waals surface area contributed by atoms with E-state index in [9.17, 15) is 10.1 Å². The molecular formula is C9H7N5O2S. The monoisotopic (exact) mass is 249 g/mol. The Morgan fingerprint density at radius 2 is 2.00 bits per heavy atom. The van der Waals surface area contributed by atoms with Gasteiger partial charge in [0.25, 0.3) is 5.69 Å². The highest BCUT2D eigenvalue weighted by atomic mass is 32.1. The minimum absolute atomic E-state index is 0.0194. The number of hydrogen-bond donors (Lipinski definition) is 1. The Bertz CT molecular complexity index is 563. The molecule has 0 aliphatic carbocycles. The highest BCUT2D eigenvalue weighted by molar-refractivity contribution is 7.18. The van der Waals surface area contributed by atoms with Crippen molar-refractivity contribution < 1.29 is 4.92 Å². The van der Waals surface area contributed by atoms with E-state index in [-0.39, 0.29) is 5.69 Å². The van der Waals surface area contributed by atoms with Crippen LogP contribution in [0.3, 0.4) is 0 Å². The van der Waals surface area contributed by atoms with Crippen LogP contribution in [0.1, 0.15) is 0 Å². The standard InChI is InChI=1S/C9H7N5O2S/c10-9-11-5-8(17-9)13-12-6-1-3-7(4-2-6)14(15)16/h1-5H,(H2,10,11). The van der Waals surface area contributed by atoms with Gasteiger partial charge in [-0.25, -0.2) is 4.98 Å². The first-order valence-corrected chi connectivity index (χ1v) is 5.34. The summed E-state index contributed by atoms with van der Waals surface area (Å²) >= 11 is 1.21. The SMILES string of the molecule is Nc1ncc(N=Nc2ccc([N+](=O)[O-])cc2)s1. The minimum atomic E-state index is -0.467. The van der Waals surface area contributed by atoms with E-state index in [0.29, 0.717) is 15.8 Å². The first-order chi connectivity index (χ1) is 8.15. The van der Waals surface area contributed by atoms with E-state index >= 15 is 0 Å². The fourth-order valence-corrected chi connectivity index (χ4v) is 1.58. The van der Waals surface area contributed by atoms with Gasteiger partial charge in [0.15, 0.2) is 10.1 Å². The van der Waals surface area contributed by atoms with Gasteiger partial charge in [-0.2, -0.15) is 0 Å². The molecule has 0 aliphatic heterocycles. The Morgan fingerprint density at radius 3 is 2.53 bits per heavy atom. The number of non-ortho nitro benzene ring substituents is 1. The number of nitrogens with two attached hydrogens (primary N) is 1. The second kappa shape index (κ2) is 4.66. The van der Waals surface area contributed by atoms with Gasteiger partial charge in [-0.1, -0.05) is 11.3 Å². The van der Waals surface area contributed by atoms with Gasteiger partial charge >= 0.3 is 0 Å². The van der Waals surface area contributed by atoms with Crippen molar-refractivity contribution in [1.82, 2.24) is 4.98 Å². The number of nitro benzene ring substituents is 1. The molecule has 86 valence electrons. The lowest BCUT2D eigenvalue weighted by molar-refractivity contribution is -0.384. The largest absolute Gasteiger partial charge is 0.375 e. The van der Waals surface area contributed by atoms with Crippen LogP contribution in [-0.4, -0.2) is 9.91 Å². The molecule has 0 saturated carbocycles. The van der Waals surface area contributed by atoms with Crippen molar-refractivity contribution in [2.75, 3.05) is 5.73 Å². The Labute approximate surface area is 99.8 Å². The molecule has 8 heteroatoms. The molecule has 0 amide bonds. The van der Waals surface area contributed by atoms with Gasteiger partial charge in [-0.3, -0.25) is 10.1 Å². The van der Waals surface area contributed by atoms with Crippen LogP contribution in [-0.2, 0) is 0 Å². The molecule has 1 heterocycles. The van der Waals surface area contributed by atoms with E-state index in [1.165, 1.54) is 41.8 Å². The second-order valence-corrected chi connectivity index (χ2v) is 4.05. The molecule has 1 aromatic heterocycles. The second-order valence-electron chi connectivity index (χ2n) is 3.01. The van der Waals surface area contributed by atoms with E-state index < -0.39 is 4.92 Å². The van der Waals surface area contributed by atoms with Crippen molar-refractivity contribution in [3.05, 3.63) is 40.6 Å². The quantitative estimate of drug-likeness (QED) is 0.512. The normalized spacial score (nSPS) is 10.8. The van der Waals surface area contributed by atoms with Crippen LogP contribution in [0.15, 0.2) is 40.7 Å². The summed E-state index contributed by atoms with van der Waals surface area (Å²) in [4.78, 5) is 13.8. The molecule has 0 fully saturated rings. The average Bonchev–Trinajstić information content (AvgIpc) is 2.73. The Morgan fingerprint density at radius 1 is 1.29 bits per heavy atom. The van der Waals surface area contributed by atoms with Crippen LogP contribution in [0, 0.1) is 10.1 Å². The Hall–Kier alpha value is -2.35. The first kappa shape index (κ1) is 11.1. The molecule has 0 radical (unpaired) electrons. The van der Waals surface area contributed by atoms with Crippen molar-refractivity contribution in [3.8, 4) is 0 Å². The van der Waals surface area contributed by atoms with Crippen LogP contribution in [0.25, 0.3) is 0 Å². The number of rotatable bonds is 3. The van der Waals surface area contributed by atoms with Crippen molar-refractivity contribution in [1.29, 1.82) is 0 Å². The molecule has 2 N–H and O–H groups in total. The average molecular weight is 249 g/mol. The predicted molar refractivity (Wildman–Crippen MR) is 63.8 cm³/mol. The van der Waals surface area contributed by atoms with Crippen molar-refractivity contribution in [2.24, 2.45) is 10.2 Å². The zero-order chi connectivity index (χ0) is 12.3. The molecule has 0 spiro atoms. The zero-order valence-corrected chi connectivity index (χ0v) is 9.29. The third-order valence-electron chi connectivity index (χ3n) is 1.84. The van der Waals surface area contributed by atoms with Crippen LogP contribution >= 0.6 is 11.3 Å². The van der Waals surface area contributed by atoms with E-state index in [4.69, 9.17) is 5.73 Å². The number of nitrogen functional groups attached to an aromatic ring is 1. The lowest BCUT2D eigenvalue weighted by atomic mass is 10.3. The Kier molecular flexibility index (Phi) is 3.06. The lowest BCUT2D eigenvalue weighted by Gasteiger charge is -1.91. The minimum Gasteiger partial charge on any atom is -0.375 e. The van der Waals surface area contributed by atoms with Crippen LogP contribution < -0.4 is 5.73 Å². The van der Waals surface area contributed by atoms with Gasteiger partial charge in [0.2, 0.25) is 0 Å². The summed E-state index contributed by atoms with van der Waals surface area (Å²) in [6.07, 6.45) is 1.51. The van der Waals surface area contributed by atoms with Gasteiger partial charge in [-0.05, 0) is 12.1 Å². The summed E-state index contributed by atoms with van der Waals surface area (Å²) in [5.41, 5.74) is 5.98. The van der Waals surface area contributed by atoms with E-state index in [1.807, 2.05) is 0 Å². The molecule has 7 nitrogen and oxygen atoms in total. The maximum Gasteiger partial charge on any atom is 0.269 e. The number of nitro groups is 1. The summed E-state index contributed by atoms with van der Waals surface area (Å²) in [6.45, 7) is 0. The number of aromatic nitrogens is 1. The number of thiazole rings is 1. The van der Waals surface area contributed by atoms with Gasteiger partial charge in [0.1, 0.15) is 0 Å². The van der Waals surface area contributed by atoms with Crippen molar-refractivity contribution in [3.63, 3.8) is 0 Å². The molecule has 0 bridgehead atoms. The summed E-state index contributed by atoms with van der Waals surface area (Å²) in [5, 5.41) is 19.2. The van der Waals surface area contributed by atoms with Gasteiger partial charge in [-0.15, -0.1) is 10.2 Å². The molecule has 0 atom stereocenters. The predicted octanol–water partition coefficient (Wildman–Crippen LogP) is 3.05. The topological polar surface area (TPSA) is 107 Å². The fourth-order valence-electron chi connectivity index (χ4n) is 1.07. The Balaban J connectivity index is 2.13. The molecule has 2 rings (SSSR count). The van der Waals surface area contributed by atoms with Gasteiger partial charge in [0, 0.05) is 12.1 Å². The maximum absolute atomic E-state index is 10.4. The molecular weight excluding hydrogens is 242 g/mol. The number of hydrogen-bond acceptors (Lipinski definition) is 7. The van der Waals surface area contributed by atoms with E-state index in [0.717, 1.165) is 0 Å². The molecule has 0 saturated heterocycles.